The third-order valence-electron chi connectivity index (χ3n) is 1.68. The van der Waals surface area contributed by atoms with Crippen molar-refractivity contribution in [3.8, 4) is 0 Å². The Morgan fingerprint density at radius 3 is 2.93 bits per heavy atom. The zero-order chi connectivity index (χ0) is 10.6. The molecule has 1 heterocycles. The van der Waals surface area contributed by atoms with Crippen LogP contribution in [0, 0.1) is 6.92 Å². The average Bonchev–Trinajstić information content (AvgIpc) is 2.17. The second-order valence-corrected chi connectivity index (χ2v) is 2.91. The van der Waals surface area contributed by atoms with Gasteiger partial charge in [-0.1, -0.05) is 0 Å². The first-order valence-corrected chi connectivity index (χ1v) is 4.37. The molecule has 0 amide bonds. The van der Waals surface area contributed by atoms with Gasteiger partial charge in [-0.3, -0.25) is 4.98 Å². The van der Waals surface area contributed by atoms with Crippen LogP contribution < -0.4 is 0 Å². The van der Waals surface area contributed by atoms with Gasteiger partial charge >= 0.3 is 5.97 Å². The van der Waals surface area contributed by atoms with Crippen LogP contribution in [0.2, 0.25) is 0 Å². The van der Waals surface area contributed by atoms with Gasteiger partial charge in [0.2, 0.25) is 6.17 Å². The maximum atomic E-state index is 13.4. The summed E-state index contributed by atoms with van der Waals surface area (Å²) in [5.74, 6) is -0.861. The Labute approximate surface area is 81.9 Å². The molecule has 76 valence electrons. The number of halogens is 1. The number of aromatic nitrogens is 1. The minimum absolute atomic E-state index is 0.179. The molecule has 0 N–H and O–H groups in total. The number of esters is 1. The normalized spacial score (nSPS) is 12.2. The minimum atomic E-state index is -1.73. The van der Waals surface area contributed by atoms with Crippen molar-refractivity contribution in [1.82, 2.24) is 4.98 Å². The van der Waals surface area contributed by atoms with Gasteiger partial charge in [-0.05, 0) is 25.5 Å². The summed E-state index contributed by atoms with van der Waals surface area (Å²) in [5, 5.41) is 0. The third-order valence-corrected chi connectivity index (χ3v) is 1.68. The van der Waals surface area contributed by atoms with E-state index in [-0.39, 0.29) is 12.2 Å². The number of carbonyl (C=O) groups excluding carboxylic acids is 1. The fourth-order valence-electron chi connectivity index (χ4n) is 1.07. The van der Waals surface area contributed by atoms with Crippen molar-refractivity contribution in [2.45, 2.75) is 20.0 Å². The topological polar surface area (TPSA) is 39.2 Å². The maximum Gasteiger partial charge on any atom is 0.345 e. The number of hydrogen-bond donors (Lipinski definition) is 0. The van der Waals surface area contributed by atoms with Crippen LogP contribution in [-0.2, 0) is 9.53 Å². The molecule has 0 aliphatic rings. The van der Waals surface area contributed by atoms with Gasteiger partial charge in [0.1, 0.15) is 0 Å². The van der Waals surface area contributed by atoms with Crippen molar-refractivity contribution in [2.24, 2.45) is 0 Å². The van der Waals surface area contributed by atoms with E-state index in [1.807, 2.05) is 0 Å². The first-order chi connectivity index (χ1) is 6.65. The molecule has 0 aliphatic carbocycles. The highest BCUT2D eigenvalue weighted by atomic mass is 19.1. The van der Waals surface area contributed by atoms with Crippen molar-refractivity contribution in [1.29, 1.82) is 0 Å². The summed E-state index contributed by atoms with van der Waals surface area (Å²) in [7, 11) is 0. The van der Waals surface area contributed by atoms with Crippen LogP contribution in [0.15, 0.2) is 18.5 Å². The lowest BCUT2D eigenvalue weighted by molar-refractivity contribution is -0.149. The molecule has 0 aromatic carbocycles. The Hall–Kier alpha value is -1.45. The molecule has 3 nitrogen and oxygen atoms in total. The second kappa shape index (κ2) is 4.69. The summed E-state index contributed by atoms with van der Waals surface area (Å²) in [6.07, 6.45) is 1.19. The highest BCUT2D eigenvalue weighted by Crippen LogP contribution is 2.18. The fraction of sp³-hybridized carbons (Fsp3) is 0.400. The Balaban J connectivity index is 2.78. The molecular weight excluding hydrogens is 185 g/mol. The summed E-state index contributed by atoms with van der Waals surface area (Å²) in [6, 6.07) is 1.58. The standard InChI is InChI=1S/C10H12FNO2/c1-3-14-10(13)9(11)8-4-7(2)5-12-6-8/h4-6,9H,3H2,1-2H3. The van der Waals surface area contributed by atoms with Gasteiger partial charge in [0, 0.05) is 18.0 Å². The summed E-state index contributed by atoms with van der Waals surface area (Å²) < 4.78 is 17.9. The van der Waals surface area contributed by atoms with Crippen molar-refractivity contribution in [3.63, 3.8) is 0 Å². The number of carbonyl (C=O) groups is 1. The number of nitrogens with zero attached hydrogens (tertiary/aromatic N) is 1. The van der Waals surface area contributed by atoms with E-state index in [9.17, 15) is 9.18 Å². The van der Waals surface area contributed by atoms with Gasteiger partial charge in [-0.2, -0.15) is 0 Å². The first kappa shape index (κ1) is 10.6. The van der Waals surface area contributed by atoms with E-state index in [1.54, 1.807) is 26.1 Å². The van der Waals surface area contributed by atoms with Gasteiger partial charge in [-0.25, -0.2) is 9.18 Å². The van der Waals surface area contributed by atoms with Crippen LogP contribution >= 0.6 is 0 Å². The molecular formula is C10H12FNO2. The van der Waals surface area contributed by atoms with E-state index in [4.69, 9.17) is 0 Å². The van der Waals surface area contributed by atoms with Gasteiger partial charge in [0.25, 0.3) is 0 Å². The first-order valence-electron chi connectivity index (χ1n) is 4.37. The van der Waals surface area contributed by atoms with Crippen molar-refractivity contribution in [3.05, 3.63) is 29.6 Å². The van der Waals surface area contributed by atoms with Crippen molar-refractivity contribution >= 4 is 5.97 Å². The lowest BCUT2D eigenvalue weighted by Crippen LogP contribution is -2.12. The van der Waals surface area contributed by atoms with Crippen LogP contribution in [0.3, 0.4) is 0 Å². The van der Waals surface area contributed by atoms with E-state index >= 15 is 0 Å². The predicted octanol–water partition coefficient (Wildman–Crippen LogP) is 1.96. The van der Waals surface area contributed by atoms with E-state index in [1.165, 1.54) is 6.20 Å². The lowest BCUT2D eigenvalue weighted by atomic mass is 10.1. The molecule has 0 saturated carbocycles. The molecule has 1 unspecified atom stereocenters. The molecule has 1 aromatic rings. The van der Waals surface area contributed by atoms with Crippen LogP contribution in [-0.4, -0.2) is 17.6 Å². The monoisotopic (exact) mass is 197 g/mol. The molecule has 0 fully saturated rings. The Morgan fingerprint density at radius 1 is 1.64 bits per heavy atom. The van der Waals surface area contributed by atoms with Crippen molar-refractivity contribution < 1.29 is 13.9 Å². The summed E-state index contributed by atoms with van der Waals surface area (Å²) >= 11 is 0. The number of hydrogen-bond acceptors (Lipinski definition) is 3. The number of pyridine rings is 1. The molecule has 1 aromatic heterocycles. The molecule has 0 aliphatic heterocycles. The number of alkyl halides is 1. The SMILES string of the molecule is CCOC(=O)C(F)c1cncc(C)c1. The van der Waals surface area contributed by atoms with Gasteiger partial charge < -0.3 is 4.74 Å². The summed E-state index contributed by atoms with van der Waals surface area (Å²) in [4.78, 5) is 14.8. The minimum Gasteiger partial charge on any atom is -0.464 e. The Morgan fingerprint density at radius 2 is 2.36 bits per heavy atom. The van der Waals surface area contributed by atoms with Crippen LogP contribution in [0.1, 0.15) is 24.2 Å². The molecule has 1 rings (SSSR count). The summed E-state index contributed by atoms with van der Waals surface area (Å²) in [5.41, 5.74) is 1.05. The molecule has 14 heavy (non-hydrogen) atoms. The smallest absolute Gasteiger partial charge is 0.345 e. The highest BCUT2D eigenvalue weighted by Gasteiger charge is 2.20. The van der Waals surface area contributed by atoms with E-state index < -0.39 is 12.1 Å². The van der Waals surface area contributed by atoms with Gasteiger partial charge in [-0.15, -0.1) is 0 Å². The molecule has 0 radical (unpaired) electrons. The highest BCUT2D eigenvalue weighted by molar-refractivity contribution is 5.76. The maximum absolute atomic E-state index is 13.4. The zero-order valence-corrected chi connectivity index (χ0v) is 8.16. The van der Waals surface area contributed by atoms with Gasteiger partial charge in [0.15, 0.2) is 0 Å². The van der Waals surface area contributed by atoms with Gasteiger partial charge in [0.05, 0.1) is 6.61 Å². The predicted molar refractivity (Wildman–Crippen MR) is 49.5 cm³/mol. The number of aryl methyl sites for hydroxylation is 1. The Kier molecular flexibility index (Phi) is 3.56. The second-order valence-electron chi connectivity index (χ2n) is 2.91. The van der Waals surface area contributed by atoms with Crippen molar-refractivity contribution in [2.75, 3.05) is 6.61 Å². The van der Waals surface area contributed by atoms with E-state index in [0.29, 0.717) is 0 Å². The summed E-state index contributed by atoms with van der Waals surface area (Å²) in [6.45, 7) is 3.60. The van der Waals surface area contributed by atoms with Crippen LogP contribution in [0.5, 0.6) is 0 Å². The lowest BCUT2D eigenvalue weighted by Gasteiger charge is -2.07. The molecule has 4 heteroatoms. The molecule has 1 atom stereocenters. The fourth-order valence-corrected chi connectivity index (χ4v) is 1.07. The zero-order valence-electron chi connectivity index (χ0n) is 8.16. The van der Waals surface area contributed by atoms with E-state index in [0.717, 1.165) is 5.56 Å². The third kappa shape index (κ3) is 2.52. The van der Waals surface area contributed by atoms with Crippen LogP contribution in [0.25, 0.3) is 0 Å². The quantitative estimate of drug-likeness (QED) is 0.695. The molecule has 0 bridgehead atoms. The van der Waals surface area contributed by atoms with E-state index in [2.05, 4.69) is 9.72 Å². The molecule has 0 spiro atoms. The Bertz CT molecular complexity index is 328. The average molecular weight is 197 g/mol. The largest absolute Gasteiger partial charge is 0.464 e. The molecule has 0 saturated heterocycles. The number of ether oxygens (including phenoxy) is 1. The number of rotatable bonds is 3. The van der Waals surface area contributed by atoms with Crippen LogP contribution in [0.4, 0.5) is 4.39 Å².